The molecule has 1 aromatic rings. The molecule has 1 N–H and O–H groups in total. The van der Waals surface area contributed by atoms with Gasteiger partial charge in [-0.05, 0) is 25.5 Å². The van der Waals surface area contributed by atoms with Crippen LogP contribution in [0.15, 0.2) is 30.3 Å². The highest BCUT2D eigenvalue weighted by atomic mass is 15.2. The molecule has 76 valence electrons. The van der Waals surface area contributed by atoms with E-state index in [9.17, 15) is 0 Å². The van der Waals surface area contributed by atoms with Crippen LogP contribution in [-0.4, -0.2) is 12.4 Å². The highest BCUT2D eigenvalue weighted by molar-refractivity contribution is 5.93. The van der Waals surface area contributed by atoms with Gasteiger partial charge in [-0.25, -0.2) is 0 Å². The molecule has 0 saturated heterocycles. The van der Waals surface area contributed by atoms with Crippen LogP contribution in [-0.2, 0) is 0 Å². The quantitative estimate of drug-likeness (QED) is 0.572. The Morgan fingerprint density at radius 3 is 2.43 bits per heavy atom. The number of hydrogen-bond donors (Lipinski definition) is 1. The van der Waals surface area contributed by atoms with Crippen molar-refractivity contribution in [1.82, 2.24) is 0 Å². The molecule has 0 heterocycles. The van der Waals surface area contributed by atoms with Gasteiger partial charge in [0.05, 0.1) is 5.84 Å². The maximum atomic E-state index is 7.69. The van der Waals surface area contributed by atoms with Crippen LogP contribution in [0.2, 0.25) is 0 Å². The third-order valence-electron chi connectivity index (χ3n) is 2.21. The molecular formula is C12H18N2. The van der Waals surface area contributed by atoms with Crippen molar-refractivity contribution in [3.63, 3.8) is 0 Å². The van der Waals surface area contributed by atoms with Crippen LogP contribution >= 0.6 is 0 Å². The van der Waals surface area contributed by atoms with E-state index in [0.29, 0.717) is 5.84 Å². The average molecular weight is 190 g/mol. The van der Waals surface area contributed by atoms with Crippen LogP contribution in [0.3, 0.4) is 0 Å². The van der Waals surface area contributed by atoms with Crippen LogP contribution < -0.4 is 4.90 Å². The van der Waals surface area contributed by atoms with Gasteiger partial charge in [0.1, 0.15) is 0 Å². The first-order valence-corrected chi connectivity index (χ1v) is 5.13. The number of nitrogens with one attached hydrogen (secondary N) is 1. The van der Waals surface area contributed by atoms with Crippen LogP contribution in [0, 0.1) is 5.41 Å². The molecule has 0 amide bonds. The van der Waals surface area contributed by atoms with Crippen LogP contribution in [0.25, 0.3) is 0 Å². The fourth-order valence-electron chi connectivity index (χ4n) is 1.41. The van der Waals surface area contributed by atoms with E-state index in [2.05, 4.69) is 6.92 Å². The standard InChI is InChI=1S/C12H18N2/c1-3-4-10-14(11(2)13)12-8-6-5-7-9-12/h5-9,13H,3-4,10H2,1-2H3. The van der Waals surface area contributed by atoms with Crippen molar-refractivity contribution in [2.75, 3.05) is 11.4 Å². The lowest BCUT2D eigenvalue weighted by atomic mass is 10.2. The Kier molecular flexibility index (Phi) is 4.17. The van der Waals surface area contributed by atoms with E-state index in [0.717, 1.165) is 25.1 Å². The predicted molar refractivity (Wildman–Crippen MR) is 62.1 cm³/mol. The number of para-hydroxylation sites is 1. The Morgan fingerprint density at radius 2 is 1.93 bits per heavy atom. The summed E-state index contributed by atoms with van der Waals surface area (Å²) in [6.07, 6.45) is 2.29. The Hall–Kier alpha value is -1.31. The Bertz CT molecular complexity index is 280. The van der Waals surface area contributed by atoms with Crippen LogP contribution in [0.5, 0.6) is 0 Å². The molecule has 0 aliphatic carbocycles. The van der Waals surface area contributed by atoms with Gasteiger partial charge >= 0.3 is 0 Å². The predicted octanol–water partition coefficient (Wildman–Crippen LogP) is 3.29. The van der Waals surface area contributed by atoms with Gasteiger partial charge in [0, 0.05) is 12.2 Å². The fourth-order valence-corrected chi connectivity index (χ4v) is 1.41. The van der Waals surface area contributed by atoms with Crippen molar-refractivity contribution in [3.05, 3.63) is 30.3 Å². The van der Waals surface area contributed by atoms with Crippen molar-refractivity contribution in [2.24, 2.45) is 0 Å². The van der Waals surface area contributed by atoms with E-state index in [1.807, 2.05) is 42.2 Å². The molecule has 0 unspecified atom stereocenters. The van der Waals surface area contributed by atoms with Gasteiger partial charge < -0.3 is 4.90 Å². The number of anilines is 1. The van der Waals surface area contributed by atoms with Crippen molar-refractivity contribution in [3.8, 4) is 0 Å². The second-order valence-electron chi connectivity index (χ2n) is 3.43. The molecule has 0 fully saturated rings. The minimum atomic E-state index is 0.615. The number of unbranched alkanes of at least 4 members (excludes halogenated alkanes) is 1. The van der Waals surface area contributed by atoms with Gasteiger partial charge in [0.2, 0.25) is 0 Å². The summed E-state index contributed by atoms with van der Waals surface area (Å²) in [4.78, 5) is 2.05. The number of hydrogen-bond acceptors (Lipinski definition) is 1. The largest absolute Gasteiger partial charge is 0.331 e. The van der Waals surface area contributed by atoms with Crippen LogP contribution in [0.1, 0.15) is 26.7 Å². The molecule has 0 aromatic heterocycles. The summed E-state index contributed by atoms with van der Waals surface area (Å²) in [6.45, 7) is 4.95. The summed E-state index contributed by atoms with van der Waals surface area (Å²) >= 11 is 0. The van der Waals surface area contributed by atoms with Crippen molar-refractivity contribution in [1.29, 1.82) is 5.41 Å². The molecule has 0 spiro atoms. The molecular weight excluding hydrogens is 172 g/mol. The Labute approximate surface area is 86.1 Å². The van der Waals surface area contributed by atoms with Crippen molar-refractivity contribution >= 4 is 11.5 Å². The third kappa shape index (κ3) is 2.87. The van der Waals surface area contributed by atoms with E-state index in [1.165, 1.54) is 0 Å². The van der Waals surface area contributed by atoms with Crippen LogP contribution in [0.4, 0.5) is 5.69 Å². The summed E-state index contributed by atoms with van der Waals surface area (Å²) in [5.41, 5.74) is 1.12. The fraction of sp³-hybridized carbons (Fsp3) is 0.417. The second kappa shape index (κ2) is 5.43. The lowest BCUT2D eigenvalue weighted by molar-refractivity contribution is 0.792. The smallest absolute Gasteiger partial charge is 0.0970 e. The minimum absolute atomic E-state index is 0.615. The van der Waals surface area contributed by atoms with Gasteiger partial charge in [-0.15, -0.1) is 0 Å². The first-order valence-electron chi connectivity index (χ1n) is 5.13. The number of benzene rings is 1. The van der Waals surface area contributed by atoms with Gasteiger partial charge in [-0.2, -0.15) is 0 Å². The highest BCUT2D eigenvalue weighted by Crippen LogP contribution is 2.14. The van der Waals surface area contributed by atoms with Gasteiger partial charge in [0.15, 0.2) is 0 Å². The minimum Gasteiger partial charge on any atom is -0.331 e. The first-order chi connectivity index (χ1) is 6.75. The SMILES string of the molecule is CCCCN(C(C)=N)c1ccccc1. The molecule has 14 heavy (non-hydrogen) atoms. The molecule has 0 aliphatic heterocycles. The van der Waals surface area contributed by atoms with E-state index in [1.54, 1.807) is 0 Å². The second-order valence-corrected chi connectivity index (χ2v) is 3.43. The summed E-state index contributed by atoms with van der Waals surface area (Å²) in [5.74, 6) is 0.615. The van der Waals surface area contributed by atoms with Gasteiger partial charge in [-0.1, -0.05) is 31.5 Å². The Balaban J connectivity index is 2.73. The van der Waals surface area contributed by atoms with Crippen molar-refractivity contribution < 1.29 is 0 Å². The van der Waals surface area contributed by atoms with E-state index in [4.69, 9.17) is 5.41 Å². The molecule has 1 rings (SSSR count). The van der Waals surface area contributed by atoms with Crippen molar-refractivity contribution in [2.45, 2.75) is 26.7 Å². The summed E-state index contributed by atoms with van der Waals surface area (Å²) < 4.78 is 0. The molecule has 0 saturated carbocycles. The Morgan fingerprint density at radius 1 is 1.29 bits per heavy atom. The summed E-state index contributed by atoms with van der Waals surface area (Å²) in [5, 5.41) is 7.69. The molecule has 0 aliphatic rings. The maximum absolute atomic E-state index is 7.69. The van der Waals surface area contributed by atoms with Gasteiger partial charge in [-0.3, -0.25) is 5.41 Å². The average Bonchev–Trinajstić information content (AvgIpc) is 2.19. The number of amidine groups is 1. The topological polar surface area (TPSA) is 27.1 Å². The van der Waals surface area contributed by atoms with E-state index >= 15 is 0 Å². The molecule has 0 radical (unpaired) electrons. The van der Waals surface area contributed by atoms with E-state index in [-0.39, 0.29) is 0 Å². The number of rotatable bonds is 4. The zero-order chi connectivity index (χ0) is 10.4. The summed E-state index contributed by atoms with van der Waals surface area (Å²) in [7, 11) is 0. The summed E-state index contributed by atoms with van der Waals surface area (Å²) in [6, 6.07) is 10.1. The van der Waals surface area contributed by atoms with E-state index < -0.39 is 0 Å². The first kappa shape index (κ1) is 10.8. The molecule has 2 heteroatoms. The monoisotopic (exact) mass is 190 g/mol. The maximum Gasteiger partial charge on any atom is 0.0970 e. The molecule has 0 bridgehead atoms. The molecule has 0 atom stereocenters. The number of nitrogens with zero attached hydrogens (tertiary/aromatic N) is 1. The van der Waals surface area contributed by atoms with Gasteiger partial charge in [0.25, 0.3) is 0 Å². The normalized spacial score (nSPS) is 9.86. The lowest BCUT2D eigenvalue weighted by Crippen LogP contribution is -2.28. The molecule has 2 nitrogen and oxygen atoms in total. The zero-order valence-corrected chi connectivity index (χ0v) is 8.96. The highest BCUT2D eigenvalue weighted by Gasteiger charge is 2.06. The third-order valence-corrected chi connectivity index (χ3v) is 2.21. The molecule has 1 aromatic carbocycles. The zero-order valence-electron chi connectivity index (χ0n) is 8.96. The lowest BCUT2D eigenvalue weighted by Gasteiger charge is -2.23.